The maximum absolute atomic E-state index is 13.2. The quantitative estimate of drug-likeness (QED) is 0.685. The lowest BCUT2D eigenvalue weighted by molar-refractivity contribution is -0.116. The molecule has 1 atom stereocenters. The van der Waals surface area contributed by atoms with Crippen molar-refractivity contribution in [2.45, 2.75) is 25.2 Å². The summed E-state index contributed by atoms with van der Waals surface area (Å²) in [6.45, 7) is 0. The fraction of sp³-hybridized carbons (Fsp3) is 0.280. The van der Waals surface area contributed by atoms with Gasteiger partial charge in [-0.2, -0.15) is 5.26 Å². The largest absolute Gasteiger partial charge is 0.493 e. The van der Waals surface area contributed by atoms with Gasteiger partial charge >= 0.3 is 0 Å². The smallest absolute Gasteiger partial charge is 0.203 e. The number of nitrogens with two attached hydrogens (primary N) is 1. The normalized spacial score (nSPS) is 18.1. The Morgan fingerprint density at radius 3 is 2.33 bits per heavy atom. The van der Waals surface area contributed by atoms with Crippen LogP contribution in [0.2, 0.25) is 5.02 Å². The predicted molar refractivity (Wildman–Crippen MR) is 125 cm³/mol. The molecule has 2 aromatic rings. The third-order valence-electron chi connectivity index (χ3n) is 6.04. The predicted octanol–water partition coefficient (Wildman–Crippen LogP) is 4.67. The van der Waals surface area contributed by atoms with Crippen LogP contribution in [0.4, 0.5) is 5.69 Å². The number of allylic oxidation sites excluding steroid dienone is 3. The van der Waals surface area contributed by atoms with Crippen LogP contribution in [0.5, 0.6) is 17.2 Å². The van der Waals surface area contributed by atoms with Gasteiger partial charge in [0.15, 0.2) is 17.3 Å². The Labute approximate surface area is 197 Å². The third-order valence-corrected chi connectivity index (χ3v) is 6.38. The molecule has 7 nitrogen and oxygen atoms in total. The van der Waals surface area contributed by atoms with Gasteiger partial charge < -0.3 is 19.9 Å². The minimum atomic E-state index is -0.621. The lowest BCUT2D eigenvalue weighted by Gasteiger charge is -2.40. The topological polar surface area (TPSA) is 97.8 Å². The molecule has 4 rings (SSSR count). The van der Waals surface area contributed by atoms with Gasteiger partial charge in [-0.3, -0.25) is 9.69 Å². The van der Waals surface area contributed by atoms with E-state index in [-0.39, 0.29) is 17.2 Å². The summed E-state index contributed by atoms with van der Waals surface area (Å²) < 4.78 is 16.5. The summed E-state index contributed by atoms with van der Waals surface area (Å²) in [5, 5.41) is 10.6. The van der Waals surface area contributed by atoms with E-state index in [1.165, 1.54) is 21.3 Å². The minimum absolute atomic E-state index is 0.0149. The van der Waals surface area contributed by atoms with Crippen LogP contribution >= 0.6 is 11.6 Å². The Morgan fingerprint density at radius 2 is 1.76 bits per heavy atom. The molecule has 0 fully saturated rings. The molecular weight excluding hydrogens is 442 g/mol. The monoisotopic (exact) mass is 465 g/mol. The average molecular weight is 466 g/mol. The van der Waals surface area contributed by atoms with Crippen molar-refractivity contribution in [3.05, 3.63) is 69.6 Å². The fourth-order valence-corrected chi connectivity index (χ4v) is 4.84. The Morgan fingerprint density at radius 1 is 1.09 bits per heavy atom. The molecule has 0 aromatic heterocycles. The van der Waals surface area contributed by atoms with Crippen LogP contribution in [-0.4, -0.2) is 27.1 Å². The van der Waals surface area contributed by atoms with E-state index >= 15 is 0 Å². The Balaban J connectivity index is 2.00. The van der Waals surface area contributed by atoms with Gasteiger partial charge in [0.2, 0.25) is 5.75 Å². The average Bonchev–Trinajstić information content (AvgIpc) is 2.83. The first-order valence-electron chi connectivity index (χ1n) is 10.5. The van der Waals surface area contributed by atoms with Crippen LogP contribution in [0.3, 0.4) is 0 Å². The van der Waals surface area contributed by atoms with Crippen LogP contribution < -0.4 is 24.8 Å². The van der Waals surface area contributed by atoms with E-state index in [0.29, 0.717) is 58.4 Å². The molecule has 2 aromatic carbocycles. The second-order valence-corrected chi connectivity index (χ2v) is 8.13. The van der Waals surface area contributed by atoms with Gasteiger partial charge in [-0.1, -0.05) is 29.8 Å². The molecule has 1 aliphatic heterocycles. The van der Waals surface area contributed by atoms with E-state index in [1.807, 2.05) is 18.2 Å². The van der Waals surface area contributed by atoms with Gasteiger partial charge in [0.25, 0.3) is 0 Å². The van der Waals surface area contributed by atoms with Gasteiger partial charge in [-0.25, -0.2) is 0 Å². The zero-order chi connectivity index (χ0) is 23.7. The van der Waals surface area contributed by atoms with Gasteiger partial charge in [0.1, 0.15) is 5.82 Å². The van der Waals surface area contributed by atoms with E-state index in [0.717, 1.165) is 5.70 Å². The molecule has 1 unspecified atom stereocenters. The van der Waals surface area contributed by atoms with Crippen molar-refractivity contribution in [2.24, 2.45) is 5.73 Å². The highest BCUT2D eigenvalue weighted by Crippen LogP contribution is 2.49. The molecule has 0 saturated heterocycles. The summed E-state index contributed by atoms with van der Waals surface area (Å²) in [7, 11) is 4.58. The summed E-state index contributed by atoms with van der Waals surface area (Å²) in [5.74, 6) is 0.923. The molecule has 0 saturated carbocycles. The van der Waals surface area contributed by atoms with Crippen molar-refractivity contribution >= 4 is 23.1 Å². The molecule has 0 spiro atoms. The molecule has 2 N–H and O–H groups in total. The lowest BCUT2D eigenvalue weighted by atomic mass is 9.75. The number of halogens is 1. The first-order chi connectivity index (χ1) is 16.0. The first kappa shape index (κ1) is 22.6. The standard InChI is InChI=1S/C25H24ClN3O4/c1-31-20-11-14(12-21(32-2)24(20)33-3)29-18-9-6-10-19(30)23(18)22(16(13-27)25(29)28)15-7-4-5-8-17(15)26/h4-5,7-8,11-12,22H,6,9-10,28H2,1-3H3. The molecule has 0 radical (unpaired) electrons. The van der Waals surface area contributed by atoms with Crippen LogP contribution in [0, 0.1) is 11.3 Å². The van der Waals surface area contributed by atoms with E-state index in [9.17, 15) is 10.1 Å². The van der Waals surface area contributed by atoms with Crippen molar-refractivity contribution in [3.63, 3.8) is 0 Å². The van der Waals surface area contributed by atoms with Gasteiger partial charge in [0.05, 0.1) is 44.6 Å². The van der Waals surface area contributed by atoms with Crippen molar-refractivity contribution < 1.29 is 19.0 Å². The molecule has 1 heterocycles. The molecule has 0 bridgehead atoms. The number of benzene rings is 2. The zero-order valence-electron chi connectivity index (χ0n) is 18.6. The summed E-state index contributed by atoms with van der Waals surface area (Å²) in [6.07, 6.45) is 1.71. The molecule has 0 amide bonds. The van der Waals surface area contributed by atoms with Crippen LogP contribution in [0.25, 0.3) is 0 Å². The van der Waals surface area contributed by atoms with Crippen LogP contribution in [-0.2, 0) is 4.79 Å². The highest BCUT2D eigenvalue weighted by molar-refractivity contribution is 6.31. The minimum Gasteiger partial charge on any atom is -0.493 e. The molecule has 33 heavy (non-hydrogen) atoms. The molecule has 2 aliphatic rings. The number of methoxy groups -OCH3 is 3. The number of nitriles is 1. The summed E-state index contributed by atoms with van der Waals surface area (Å²) in [5.41, 5.74) is 9.49. The van der Waals surface area contributed by atoms with Gasteiger partial charge in [0, 0.05) is 34.8 Å². The summed E-state index contributed by atoms with van der Waals surface area (Å²) in [4.78, 5) is 15.0. The van der Waals surface area contributed by atoms with Crippen molar-refractivity contribution in [2.75, 3.05) is 26.2 Å². The number of hydrogen-bond donors (Lipinski definition) is 1. The number of anilines is 1. The van der Waals surface area contributed by atoms with Gasteiger partial charge in [-0.05, 0) is 24.5 Å². The van der Waals surface area contributed by atoms with E-state index in [1.54, 1.807) is 23.1 Å². The highest BCUT2D eigenvalue weighted by Gasteiger charge is 2.41. The maximum Gasteiger partial charge on any atom is 0.203 e. The number of hydrogen-bond acceptors (Lipinski definition) is 7. The second-order valence-electron chi connectivity index (χ2n) is 7.72. The van der Waals surface area contributed by atoms with Crippen molar-refractivity contribution in [3.8, 4) is 23.3 Å². The highest BCUT2D eigenvalue weighted by atomic mass is 35.5. The molecule has 8 heteroatoms. The van der Waals surface area contributed by atoms with Crippen LogP contribution in [0.1, 0.15) is 30.7 Å². The van der Waals surface area contributed by atoms with Crippen molar-refractivity contribution in [1.29, 1.82) is 5.26 Å². The number of nitrogens with zero attached hydrogens (tertiary/aromatic N) is 2. The SMILES string of the molecule is COc1cc(N2C(N)=C(C#N)C(c3ccccc3Cl)C3=C2CCCC3=O)cc(OC)c1OC. The number of carbonyl (C=O) groups is 1. The number of ether oxygens (including phenoxy) is 3. The maximum atomic E-state index is 13.2. The third kappa shape index (κ3) is 3.66. The number of rotatable bonds is 5. The first-order valence-corrected chi connectivity index (χ1v) is 10.8. The molecular formula is C25H24ClN3O4. The number of Topliss-reactive ketones (excluding diaryl/α,β-unsaturated/α-hetero) is 1. The lowest BCUT2D eigenvalue weighted by Crippen LogP contribution is -2.38. The van der Waals surface area contributed by atoms with Crippen LogP contribution in [0.15, 0.2) is 59.1 Å². The summed E-state index contributed by atoms with van der Waals surface area (Å²) in [6, 6.07) is 13.0. The molecule has 1 aliphatic carbocycles. The summed E-state index contributed by atoms with van der Waals surface area (Å²) >= 11 is 6.51. The van der Waals surface area contributed by atoms with Crippen molar-refractivity contribution in [1.82, 2.24) is 0 Å². The second kappa shape index (κ2) is 9.08. The number of ketones is 1. The van der Waals surface area contributed by atoms with Gasteiger partial charge in [-0.15, -0.1) is 0 Å². The van der Waals surface area contributed by atoms with E-state index in [4.69, 9.17) is 31.5 Å². The number of carbonyl (C=O) groups excluding carboxylic acids is 1. The van der Waals surface area contributed by atoms with E-state index in [2.05, 4.69) is 6.07 Å². The van der Waals surface area contributed by atoms with E-state index < -0.39 is 5.92 Å². The fourth-order valence-electron chi connectivity index (χ4n) is 4.60. The zero-order valence-corrected chi connectivity index (χ0v) is 19.4. The Kier molecular flexibility index (Phi) is 6.21. The Hall–Kier alpha value is -3.63. The Bertz CT molecular complexity index is 1200. The molecule has 170 valence electrons.